The van der Waals surface area contributed by atoms with Crippen molar-refractivity contribution in [2.75, 3.05) is 27.2 Å². The molecular formula is C13H22N2S. The maximum Gasteiger partial charge on any atom is 0.0330 e. The lowest BCUT2D eigenvalue weighted by molar-refractivity contribution is 0.140. The van der Waals surface area contributed by atoms with E-state index < -0.39 is 0 Å². The van der Waals surface area contributed by atoms with Crippen LogP contribution in [-0.4, -0.2) is 43.0 Å². The summed E-state index contributed by atoms with van der Waals surface area (Å²) in [5.74, 6) is 0. The fraction of sp³-hybridized carbons (Fsp3) is 0.692. The highest BCUT2D eigenvalue weighted by Gasteiger charge is 2.20. The van der Waals surface area contributed by atoms with Crippen molar-refractivity contribution in [3.05, 3.63) is 21.9 Å². The molecule has 0 bridgehead atoms. The van der Waals surface area contributed by atoms with Crippen LogP contribution < -0.4 is 0 Å². The first-order valence-electron chi connectivity index (χ1n) is 6.08. The molecule has 0 radical (unpaired) electrons. The molecule has 1 fully saturated rings. The summed E-state index contributed by atoms with van der Waals surface area (Å²) in [4.78, 5) is 6.49. The Labute approximate surface area is 103 Å². The number of nitrogens with zero attached hydrogens (tertiary/aromatic N) is 2. The zero-order chi connectivity index (χ0) is 11.5. The largest absolute Gasteiger partial charge is 0.306 e. The summed E-state index contributed by atoms with van der Waals surface area (Å²) in [6.45, 7) is 5.84. The molecule has 0 N–H and O–H groups in total. The van der Waals surface area contributed by atoms with E-state index in [1.165, 1.54) is 36.4 Å². The van der Waals surface area contributed by atoms with Gasteiger partial charge in [0.1, 0.15) is 0 Å². The lowest BCUT2D eigenvalue weighted by atomic mass is 10.0. The van der Waals surface area contributed by atoms with Crippen LogP contribution in [-0.2, 0) is 6.54 Å². The van der Waals surface area contributed by atoms with E-state index in [9.17, 15) is 0 Å². The molecule has 0 atom stereocenters. The summed E-state index contributed by atoms with van der Waals surface area (Å²) in [5, 5.41) is 2.20. The van der Waals surface area contributed by atoms with Crippen molar-refractivity contribution in [3.63, 3.8) is 0 Å². The van der Waals surface area contributed by atoms with Crippen LogP contribution >= 0.6 is 11.3 Å². The van der Waals surface area contributed by atoms with Gasteiger partial charge in [0, 0.05) is 17.5 Å². The van der Waals surface area contributed by atoms with E-state index in [1.807, 2.05) is 11.3 Å². The van der Waals surface area contributed by atoms with E-state index in [1.54, 1.807) is 0 Å². The molecule has 2 nitrogen and oxygen atoms in total. The van der Waals surface area contributed by atoms with Crippen molar-refractivity contribution in [1.29, 1.82) is 0 Å². The Bertz CT molecular complexity index is 326. The number of hydrogen-bond acceptors (Lipinski definition) is 3. The third-order valence-electron chi connectivity index (χ3n) is 3.67. The van der Waals surface area contributed by atoms with Gasteiger partial charge in [-0.2, -0.15) is 0 Å². The minimum atomic E-state index is 0.776. The summed E-state index contributed by atoms with van der Waals surface area (Å²) in [6, 6.07) is 3.00. The minimum absolute atomic E-state index is 0.776. The number of thiophene rings is 1. The average molecular weight is 238 g/mol. The smallest absolute Gasteiger partial charge is 0.0330 e. The van der Waals surface area contributed by atoms with Gasteiger partial charge in [0.05, 0.1) is 0 Å². The van der Waals surface area contributed by atoms with Gasteiger partial charge in [0.2, 0.25) is 0 Å². The second kappa shape index (κ2) is 5.30. The first kappa shape index (κ1) is 12.1. The zero-order valence-electron chi connectivity index (χ0n) is 10.6. The number of hydrogen-bond donors (Lipinski definition) is 0. The van der Waals surface area contributed by atoms with Crippen LogP contribution in [0.3, 0.4) is 0 Å². The predicted octanol–water partition coefficient (Wildman–Crippen LogP) is 2.58. The van der Waals surface area contributed by atoms with E-state index >= 15 is 0 Å². The van der Waals surface area contributed by atoms with Crippen LogP contribution in [0.15, 0.2) is 11.4 Å². The highest BCUT2D eigenvalue weighted by atomic mass is 32.1. The molecule has 2 heterocycles. The molecule has 3 heteroatoms. The van der Waals surface area contributed by atoms with Gasteiger partial charge in [-0.25, -0.2) is 0 Å². The van der Waals surface area contributed by atoms with Crippen LogP contribution in [0, 0.1) is 6.92 Å². The summed E-state index contributed by atoms with van der Waals surface area (Å²) in [5.41, 5.74) is 1.45. The van der Waals surface area contributed by atoms with Gasteiger partial charge in [-0.3, -0.25) is 4.90 Å². The molecule has 16 heavy (non-hydrogen) atoms. The Kier molecular flexibility index (Phi) is 4.00. The molecule has 0 aliphatic carbocycles. The summed E-state index contributed by atoms with van der Waals surface area (Å²) in [6.07, 6.45) is 2.63. The highest BCUT2D eigenvalue weighted by Crippen LogP contribution is 2.21. The molecule has 1 aliphatic rings. The molecule has 2 rings (SSSR count). The third-order valence-corrected chi connectivity index (χ3v) is 4.68. The second-order valence-corrected chi connectivity index (χ2v) is 5.98. The summed E-state index contributed by atoms with van der Waals surface area (Å²) >= 11 is 1.89. The van der Waals surface area contributed by atoms with Gasteiger partial charge < -0.3 is 4.90 Å². The molecule has 1 aliphatic heterocycles. The Morgan fingerprint density at radius 2 is 2.12 bits per heavy atom. The predicted molar refractivity (Wildman–Crippen MR) is 71.0 cm³/mol. The fourth-order valence-corrected chi connectivity index (χ4v) is 3.33. The number of likely N-dealkylation sites (tertiary alicyclic amines) is 1. The molecule has 0 unspecified atom stereocenters. The number of aryl methyl sites for hydroxylation is 1. The minimum Gasteiger partial charge on any atom is -0.306 e. The van der Waals surface area contributed by atoms with Gasteiger partial charge in [-0.15, -0.1) is 11.3 Å². The summed E-state index contributed by atoms with van der Waals surface area (Å²) in [7, 11) is 4.49. The maximum atomic E-state index is 2.53. The Morgan fingerprint density at radius 3 is 2.69 bits per heavy atom. The average Bonchev–Trinajstić information content (AvgIpc) is 2.65. The molecule has 1 aromatic heterocycles. The second-order valence-electron chi connectivity index (χ2n) is 4.98. The van der Waals surface area contributed by atoms with Crippen LogP contribution in [0.5, 0.6) is 0 Å². The highest BCUT2D eigenvalue weighted by molar-refractivity contribution is 7.10. The summed E-state index contributed by atoms with van der Waals surface area (Å²) < 4.78 is 0. The van der Waals surface area contributed by atoms with Gasteiger partial charge >= 0.3 is 0 Å². The van der Waals surface area contributed by atoms with Crippen LogP contribution in [0.25, 0.3) is 0 Å². The topological polar surface area (TPSA) is 6.48 Å². The molecular weight excluding hydrogens is 216 g/mol. The Hall–Kier alpha value is -0.380. The molecule has 0 spiro atoms. The van der Waals surface area contributed by atoms with Gasteiger partial charge in [0.15, 0.2) is 0 Å². The monoisotopic (exact) mass is 238 g/mol. The van der Waals surface area contributed by atoms with Crippen molar-refractivity contribution < 1.29 is 0 Å². The van der Waals surface area contributed by atoms with Crippen LogP contribution in [0.1, 0.15) is 23.3 Å². The Morgan fingerprint density at radius 1 is 1.44 bits per heavy atom. The normalized spacial score (nSPS) is 19.5. The molecule has 0 saturated carbocycles. The first-order valence-corrected chi connectivity index (χ1v) is 6.96. The quantitative estimate of drug-likeness (QED) is 0.798. The van der Waals surface area contributed by atoms with Crippen molar-refractivity contribution in [2.24, 2.45) is 0 Å². The van der Waals surface area contributed by atoms with E-state index in [4.69, 9.17) is 0 Å². The Balaban J connectivity index is 1.88. The zero-order valence-corrected chi connectivity index (χ0v) is 11.4. The van der Waals surface area contributed by atoms with Crippen molar-refractivity contribution in [3.8, 4) is 0 Å². The standard InChI is InChI=1S/C13H22N2S/c1-11-6-9-16-13(11)10-15(3)12-4-7-14(2)8-5-12/h6,9,12H,4-5,7-8,10H2,1-3H3. The van der Waals surface area contributed by atoms with Crippen molar-refractivity contribution >= 4 is 11.3 Å². The van der Waals surface area contributed by atoms with Crippen LogP contribution in [0.2, 0.25) is 0 Å². The maximum absolute atomic E-state index is 2.53. The van der Waals surface area contributed by atoms with E-state index in [0.717, 1.165) is 12.6 Å². The number of rotatable bonds is 3. The van der Waals surface area contributed by atoms with Crippen molar-refractivity contribution in [2.45, 2.75) is 32.4 Å². The fourth-order valence-electron chi connectivity index (χ4n) is 2.36. The molecule has 1 aromatic rings. The van der Waals surface area contributed by atoms with Crippen molar-refractivity contribution in [1.82, 2.24) is 9.80 Å². The van der Waals surface area contributed by atoms with Gasteiger partial charge in [-0.05, 0) is 64.0 Å². The van der Waals surface area contributed by atoms with E-state index in [0.29, 0.717) is 0 Å². The molecule has 0 aromatic carbocycles. The lowest BCUT2D eigenvalue weighted by Crippen LogP contribution is -2.41. The third kappa shape index (κ3) is 2.84. The first-order chi connectivity index (χ1) is 7.66. The SMILES string of the molecule is Cc1ccsc1CN(C)C1CCN(C)CC1. The lowest BCUT2D eigenvalue weighted by Gasteiger charge is -2.35. The number of piperidine rings is 1. The van der Waals surface area contributed by atoms with Gasteiger partial charge in [-0.1, -0.05) is 0 Å². The van der Waals surface area contributed by atoms with E-state index in [2.05, 4.69) is 42.3 Å². The molecule has 0 amide bonds. The molecule has 90 valence electrons. The van der Waals surface area contributed by atoms with Gasteiger partial charge in [0.25, 0.3) is 0 Å². The van der Waals surface area contributed by atoms with E-state index in [-0.39, 0.29) is 0 Å². The molecule has 1 saturated heterocycles. The van der Waals surface area contributed by atoms with Crippen LogP contribution in [0.4, 0.5) is 0 Å².